The summed E-state index contributed by atoms with van der Waals surface area (Å²) >= 11 is 0. The van der Waals surface area contributed by atoms with Gasteiger partial charge in [0.15, 0.2) is 11.5 Å². The van der Waals surface area contributed by atoms with E-state index < -0.39 is 0 Å². The van der Waals surface area contributed by atoms with Crippen LogP contribution in [0.5, 0.6) is 11.5 Å². The first kappa shape index (κ1) is 14.4. The van der Waals surface area contributed by atoms with Gasteiger partial charge in [-0.3, -0.25) is 4.98 Å². The largest absolute Gasteiger partial charge is 0.490 e. The molecule has 4 heteroatoms. The Balaban J connectivity index is 2.63. The van der Waals surface area contributed by atoms with Gasteiger partial charge in [-0.15, -0.1) is 0 Å². The number of nitrogen functional groups attached to an aromatic ring is 1. The molecule has 2 aromatic rings. The molecule has 20 heavy (non-hydrogen) atoms. The van der Waals surface area contributed by atoms with Crippen LogP contribution in [0, 0.1) is 0 Å². The number of benzene rings is 1. The molecule has 0 unspecified atom stereocenters. The number of hydrogen-bond acceptors (Lipinski definition) is 4. The lowest BCUT2D eigenvalue weighted by Crippen LogP contribution is -2.01. The highest BCUT2D eigenvalue weighted by Gasteiger charge is 2.12. The van der Waals surface area contributed by atoms with Crippen LogP contribution in [0.25, 0.3) is 10.9 Å². The lowest BCUT2D eigenvalue weighted by atomic mass is 10.1. The molecule has 1 aromatic heterocycles. The van der Waals surface area contributed by atoms with Crippen molar-refractivity contribution in [2.24, 2.45) is 0 Å². The second-order valence-corrected chi connectivity index (χ2v) is 4.97. The van der Waals surface area contributed by atoms with Gasteiger partial charge < -0.3 is 15.2 Å². The molecule has 0 spiro atoms. The normalized spacial score (nSPS) is 11.1. The van der Waals surface area contributed by atoms with Crippen LogP contribution < -0.4 is 15.2 Å². The van der Waals surface area contributed by atoms with E-state index in [1.807, 2.05) is 32.0 Å². The zero-order chi connectivity index (χ0) is 14.7. The Kier molecular flexibility index (Phi) is 4.32. The fourth-order valence-electron chi connectivity index (χ4n) is 2.11. The average Bonchev–Trinajstić information content (AvgIpc) is 2.40. The Morgan fingerprint density at radius 2 is 1.65 bits per heavy atom. The van der Waals surface area contributed by atoms with E-state index in [0.29, 0.717) is 24.9 Å². The molecule has 0 saturated carbocycles. The fraction of sp³-hybridized carbons (Fsp3) is 0.438. The van der Waals surface area contributed by atoms with Crippen LogP contribution in [0.4, 0.5) is 5.69 Å². The molecule has 2 rings (SSSR count). The number of aromatic nitrogens is 1. The van der Waals surface area contributed by atoms with Gasteiger partial charge in [0.2, 0.25) is 0 Å². The third-order valence-corrected chi connectivity index (χ3v) is 3.12. The van der Waals surface area contributed by atoms with Gasteiger partial charge in [0.25, 0.3) is 0 Å². The summed E-state index contributed by atoms with van der Waals surface area (Å²) in [4.78, 5) is 4.66. The predicted molar refractivity (Wildman–Crippen MR) is 82.6 cm³/mol. The van der Waals surface area contributed by atoms with Crippen molar-refractivity contribution in [3.8, 4) is 11.5 Å². The molecule has 0 aliphatic heterocycles. The van der Waals surface area contributed by atoms with E-state index in [1.54, 1.807) is 0 Å². The molecule has 0 fully saturated rings. The van der Waals surface area contributed by atoms with Gasteiger partial charge in [-0.05, 0) is 31.9 Å². The summed E-state index contributed by atoms with van der Waals surface area (Å²) in [6.45, 7) is 9.28. The summed E-state index contributed by atoms with van der Waals surface area (Å²) in [5.41, 5.74) is 8.71. The van der Waals surface area contributed by atoms with Crippen LogP contribution in [0.15, 0.2) is 18.2 Å². The van der Waals surface area contributed by atoms with Crippen molar-refractivity contribution in [1.29, 1.82) is 0 Å². The van der Waals surface area contributed by atoms with Crippen molar-refractivity contribution in [3.63, 3.8) is 0 Å². The Morgan fingerprint density at radius 1 is 1.05 bits per heavy atom. The van der Waals surface area contributed by atoms with E-state index in [0.717, 1.165) is 28.0 Å². The summed E-state index contributed by atoms with van der Waals surface area (Å²) in [5.74, 6) is 1.77. The monoisotopic (exact) mass is 274 g/mol. The minimum atomic E-state index is 0.337. The van der Waals surface area contributed by atoms with Gasteiger partial charge in [0.1, 0.15) is 0 Å². The first-order valence-electron chi connectivity index (χ1n) is 7.06. The number of fused-ring (bicyclic) bond motifs is 1. The molecule has 0 bridgehead atoms. The highest BCUT2D eigenvalue weighted by atomic mass is 16.5. The topological polar surface area (TPSA) is 57.4 Å². The van der Waals surface area contributed by atoms with E-state index in [9.17, 15) is 0 Å². The van der Waals surface area contributed by atoms with Gasteiger partial charge in [-0.1, -0.05) is 13.8 Å². The van der Waals surface area contributed by atoms with E-state index in [4.69, 9.17) is 15.2 Å². The third-order valence-electron chi connectivity index (χ3n) is 3.12. The van der Waals surface area contributed by atoms with Crippen LogP contribution in [0.3, 0.4) is 0 Å². The minimum absolute atomic E-state index is 0.337. The smallest absolute Gasteiger partial charge is 0.163 e. The van der Waals surface area contributed by atoms with Crippen LogP contribution in [-0.4, -0.2) is 18.2 Å². The van der Waals surface area contributed by atoms with Crippen molar-refractivity contribution in [2.45, 2.75) is 33.6 Å². The van der Waals surface area contributed by atoms with E-state index in [1.165, 1.54) is 0 Å². The van der Waals surface area contributed by atoms with Crippen LogP contribution in [0.1, 0.15) is 39.3 Å². The Bertz CT molecular complexity index is 609. The van der Waals surface area contributed by atoms with E-state index >= 15 is 0 Å². The van der Waals surface area contributed by atoms with Gasteiger partial charge in [0, 0.05) is 22.8 Å². The summed E-state index contributed by atoms with van der Waals surface area (Å²) in [5, 5.41) is 0.904. The average molecular weight is 274 g/mol. The molecule has 0 aliphatic carbocycles. The number of nitrogens with two attached hydrogens (primary N) is 1. The van der Waals surface area contributed by atoms with E-state index in [-0.39, 0.29) is 0 Å². The number of ether oxygens (including phenoxy) is 2. The summed E-state index contributed by atoms with van der Waals surface area (Å²) in [7, 11) is 0. The maximum Gasteiger partial charge on any atom is 0.163 e. The Labute approximate surface area is 119 Å². The van der Waals surface area contributed by atoms with Crippen molar-refractivity contribution < 1.29 is 9.47 Å². The van der Waals surface area contributed by atoms with Gasteiger partial charge >= 0.3 is 0 Å². The number of anilines is 1. The number of pyridine rings is 1. The lowest BCUT2D eigenvalue weighted by molar-refractivity contribution is 0.288. The molecule has 0 saturated heterocycles. The first-order chi connectivity index (χ1) is 9.56. The maximum atomic E-state index is 6.15. The molecular weight excluding hydrogens is 252 g/mol. The highest BCUT2D eigenvalue weighted by Crippen LogP contribution is 2.35. The van der Waals surface area contributed by atoms with Crippen LogP contribution >= 0.6 is 0 Å². The lowest BCUT2D eigenvalue weighted by Gasteiger charge is -2.14. The molecule has 2 N–H and O–H groups in total. The molecule has 0 atom stereocenters. The van der Waals surface area contributed by atoms with E-state index in [2.05, 4.69) is 18.8 Å². The summed E-state index contributed by atoms with van der Waals surface area (Å²) in [6.07, 6.45) is 0. The van der Waals surface area contributed by atoms with Crippen molar-refractivity contribution in [3.05, 3.63) is 23.9 Å². The first-order valence-corrected chi connectivity index (χ1v) is 7.06. The molecule has 0 aliphatic rings. The standard InChI is InChI=1S/C16H22N2O2/c1-5-19-15-7-11-12(17)8-13(10(3)4)18-14(11)9-16(15)20-6-2/h7-10H,5-6H2,1-4H3,(H2,17,18). The van der Waals surface area contributed by atoms with Gasteiger partial charge in [0.05, 0.1) is 18.7 Å². The number of hydrogen-bond donors (Lipinski definition) is 1. The molecule has 1 heterocycles. The summed E-state index contributed by atoms with van der Waals surface area (Å²) < 4.78 is 11.3. The zero-order valence-electron chi connectivity index (χ0n) is 12.6. The maximum absolute atomic E-state index is 6.15. The number of rotatable bonds is 5. The summed E-state index contributed by atoms with van der Waals surface area (Å²) in [6, 6.07) is 5.76. The van der Waals surface area contributed by atoms with Crippen LogP contribution in [0.2, 0.25) is 0 Å². The predicted octanol–water partition coefficient (Wildman–Crippen LogP) is 3.74. The number of nitrogens with zero attached hydrogens (tertiary/aromatic N) is 1. The SMILES string of the molecule is CCOc1cc2nc(C(C)C)cc(N)c2cc1OCC. The van der Waals surface area contributed by atoms with Crippen molar-refractivity contribution in [2.75, 3.05) is 18.9 Å². The molecule has 4 nitrogen and oxygen atoms in total. The zero-order valence-corrected chi connectivity index (χ0v) is 12.6. The Morgan fingerprint density at radius 3 is 2.20 bits per heavy atom. The molecule has 0 amide bonds. The third kappa shape index (κ3) is 2.79. The fourth-order valence-corrected chi connectivity index (χ4v) is 2.11. The van der Waals surface area contributed by atoms with Gasteiger partial charge in [-0.2, -0.15) is 0 Å². The molecule has 108 valence electrons. The van der Waals surface area contributed by atoms with Crippen molar-refractivity contribution >= 4 is 16.6 Å². The Hall–Kier alpha value is -1.97. The second kappa shape index (κ2) is 5.99. The second-order valence-electron chi connectivity index (χ2n) is 4.97. The quantitative estimate of drug-likeness (QED) is 0.902. The minimum Gasteiger partial charge on any atom is -0.490 e. The highest BCUT2D eigenvalue weighted by molar-refractivity contribution is 5.92. The van der Waals surface area contributed by atoms with Gasteiger partial charge in [-0.25, -0.2) is 0 Å². The van der Waals surface area contributed by atoms with Crippen molar-refractivity contribution in [1.82, 2.24) is 4.98 Å². The molecule has 0 radical (unpaired) electrons. The molecular formula is C16H22N2O2. The molecule has 1 aromatic carbocycles. The van der Waals surface area contributed by atoms with Crippen LogP contribution in [-0.2, 0) is 0 Å².